The largest absolute Gasteiger partial charge is 0.508 e. The van der Waals surface area contributed by atoms with Crippen LogP contribution in [-0.2, 0) is 48.2 Å². The van der Waals surface area contributed by atoms with Crippen LogP contribution in [0.5, 0.6) is 23.0 Å². The van der Waals surface area contributed by atoms with E-state index in [1.54, 1.807) is 55.6 Å². The molecule has 0 spiro atoms. The van der Waals surface area contributed by atoms with Crippen LogP contribution in [0.2, 0.25) is 0 Å². The van der Waals surface area contributed by atoms with Gasteiger partial charge in [-0.15, -0.1) is 0 Å². The van der Waals surface area contributed by atoms with Crippen LogP contribution in [0.1, 0.15) is 46.3 Å². The molecule has 2 amide bonds. The number of rotatable bonds is 12. The van der Waals surface area contributed by atoms with Crippen molar-refractivity contribution < 1.29 is 28.9 Å². The Kier molecular flexibility index (Phi) is 10.7. The van der Waals surface area contributed by atoms with E-state index in [1.807, 2.05) is 73.7 Å². The highest BCUT2D eigenvalue weighted by Crippen LogP contribution is 2.63. The molecule has 7 aromatic rings. The number of hydrazine groups is 1. The number of phenolic OH excluding ortho intramolecular Hbond substituents is 1. The van der Waals surface area contributed by atoms with Crippen LogP contribution in [0.4, 0.5) is 5.69 Å². The van der Waals surface area contributed by atoms with Crippen molar-refractivity contribution in [1.82, 2.24) is 28.5 Å². The Bertz CT molecular complexity index is 3320. The molecule has 16 nitrogen and oxygen atoms in total. The average molecular weight is 902 g/mol. The molecular weight excluding hydrogens is 855 g/mol. The minimum absolute atomic E-state index is 0.0334. The van der Waals surface area contributed by atoms with E-state index in [-0.39, 0.29) is 44.0 Å². The molecule has 4 atom stereocenters. The zero-order valence-electron chi connectivity index (χ0n) is 37.2. The zero-order valence-corrected chi connectivity index (χ0v) is 37.2. The summed E-state index contributed by atoms with van der Waals surface area (Å²) in [5.74, 6) is -2.10. The van der Waals surface area contributed by atoms with Gasteiger partial charge in [-0.2, -0.15) is 5.01 Å². The summed E-state index contributed by atoms with van der Waals surface area (Å²) in [6, 6.07) is 33.3. The number of nitrogens with zero attached hydrogens (tertiary/aromatic N) is 6. The Morgan fingerprint density at radius 1 is 0.836 bits per heavy atom. The first-order valence-electron chi connectivity index (χ1n) is 21.9. The van der Waals surface area contributed by atoms with Gasteiger partial charge in [0.15, 0.2) is 11.5 Å². The third kappa shape index (κ3) is 6.89. The molecule has 0 radical (unpaired) electrons. The molecule has 2 aromatic heterocycles. The Morgan fingerprint density at radius 2 is 1.54 bits per heavy atom. The smallest absolute Gasteiger partial charge is 0.347 e. The number of carbonyl (C=O) groups is 2. The number of amides is 2. The van der Waals surface area contributed by atoms with Gasteiger partial charge in [-0.1, -0.05) is 90.5 Å². The van der Waals surface area contributed by atoms with Gasteiger partial charge in [0.1, 0.15) is 23.8 Å². The molecule has 2 N–H and O–H groups in total. The van der Waals surface area contributed by atoms with Gasteiger partial charge in [0, 0.05) is 49.7 Å². The summed E-state index contributed by atoms with van der Waals surface area (Å²) >= 11 is 0. The lowest BCUT2D eigenvalue weighted by Crippen LogP contribution is -2.53. The van der Waals surface area contributed by atoms with Gasteiger partial charge in [0.25, 0.3) is 17.4 Å². The Balaban J connectivity index is 1.08. The van der Waals surface area contributed by atoms with Gasteiger partial charge in [0.05, 0.1) is 54.9 Å². The van der Waals surface area contributed by atoms with Crippen LogP contribution < -0.4 is 36.6 Å². The summed E-state index contributed by atoms with van der Waals surface area (Å²) in [7, 11) is 4.60. The maximum Gasteiger partial charge on any atom is 0.347 e. The number of phenols is 1. The van der Waals surface area contributed by atoms with Gasteiger partial charge in [-0.25, -0.2) is 28.5 Å². The number of anilines is 1. The zero-order chi connectivity index (χ0) is 46.7. The van der Waals surface area contributed by atoms with E-state index < -0.39 is 52.0 Å². The van der Waals surface area contributed by atoms with Gasteiger partial charge in [0.2, 0.25) is 0 Å². The normalized spacial score (nSPS) is 19.7. The number of imide groups is 1. The molecule has 1 aliphatic carbocycles. The first kappa shape index (κ1) is 42.8. The molecule has 340 valence electrons. The molecule has 16 heteroatoms. The number of benzene rings is 5. The third-order valence-corrected chi connectivity index (χ3v) is 13.5. The van der Waals surface area contributed by atoms with Crippen LogP contribution in [0.15, 0.2) is 141 Å². The minimum atomic E-state index is -1.62. The fourth-order valence-electron chi connectivity index (χ4n) is 10.3. The molecule has 5 aromatic carbocycles. The number of aromatic hydroxyl groups is 1. The number of methoxy groups -OCH3 is 2. The Hall–Kier alpha value is -8.14. The quantitative estimate of drug-likeness (QED) is 0.116. The van der Waals surface area contributed by atoms with Gasteiger partial charge in [-0.3, -0.25) is 19.8 Å². The van der Waals surface area contributed by atoms with Crippen LogP contribution >= 0.6 is 0 Å². The van der Waals surface area contributed by atoms with E-state index in [1.165, 1.54) is 34.2 Å². The highest BCUT2D eigenvalue weighted by molar-refractivity contribution is 6.12. The van der Waals surface area contributed by atoms with Gasteiger partial charge < -0.3 is 23.9 Å². The van der Waals surface area contributed by atoms with E-state index in [4.69, 9.17) is 14.2 Å². The lowest BCUT2D eigenvalue weighted by molar-refractivity contribution is -0.138. The highest BCUT2D eigenvalue weighted by atomic mass is 16.5. The monoisotopic (exact) mass is 901 g/mol. The minimum Gasteiger partial charge on any atom is -0.508 e. The SMILES string of the molecule is COc1cc2nc(CCn3c(=O)n4n(c3=O)C3CC5C(=O)N(Nc6ccc(C)cc6)C(=O)C5(c5ccccc5)C(c5ccc(OCc6ccccc6)cc5O)C3=CC4)c(=O)n(C)c2cc1OC. The summed E-state index contributed by atoms with van der Waals surface area (Å²) < 4.78 is 22.2. The Labute approximate surface area is 383 Å². The van der Waals surface area contributed by atoms with E-state index in [9.17, 15) is 19.5 Å². The maximum absolute atomic E-state index is 15.6. The summed E-state index contributed by atoms with van der Waals surface area (Å²) in [5.41, 5.74) is 4.80. The second-order valence-corrected chi connectivity index (χ2v) is 17.1. The van der Waals surface area contributed by atoms with Gasteiger partial charge >= 0.3 is 11.4 Å². The highest BCUT2D eigenvalue weighted by Gasteiger charge is 2.69. The molecule has 2 aliphatic heterocycles. The topological polar surface area (TPSA) is 181 Å². The predicted octanol–water partition coefficient (Wildman–Crippen LogP) is 5.53. The number of carbonyl (C=O) groups excluding carboxylic acids is 2. The Morgan fingerprint density at radius 3 is 2.24 bits per heavy atom. The van der Waals surface area contributed by atoms with Crippen LogP contribution in [0, 0.1) is 12.8 Å². The number of aryl methyl sites for hydroxylation is 3. The van der Waals surface area contributed by atoms with Crippen molar-refractivity contribution in [3.63, 3.8) is 0 Å². The van der Waals surface area contributed by atoms with E-state index in [2.05, 4.69) is 10.4 Å². The van der Waals surface area contributed by atoms with Crippen LogP contribution in [0.3, 0.4) is 0 Å². The van der Waals surface area contributed by atoms with Crippen LogP contribution in [0.25, 0.3) is 11.0 Å². The molecule has 10 rings (SSSR count). The first-order chi connectivity index (χ1) is 32.4. The first-order valence-corrected chi connectivity index (χ1v) is 21.9. The molecule has 3 aliphatic rings. The van der Waals surface area contributed by atoms with E-state index >= 15 is 9.59 Å². The standard InChI is InChI=1S/C51H47N7O9/c1-30-15-17-33(18-16-30)53-57-46(60)37-26-40-35(45(51(37,48(57)62)32-13-9-6-10-14-32)36-20-19-34(25-42(36)59)67-29-31-11-7-5-8-12-31)21-24-56-49(63)55(50(64)58(40)56)23-22-38-47(61)54(2)41-28-44(66-4)43(65-3)27-39(41)52-38/h5-21,25,27-28,37,40,45,53,59H,22-24,26,29H2,1-4H3. The summed E-state index contributed by atoms with van der Waals surface area (Å²) in [4.78, 5) is 78.0. The summed E-state index contributed by atoms with van der Waals surface area (Å²) in [5, 5.41) is 13.2. The maximum atomic E-state index is 15.6. The van der Waals surface area contributed by atoms with Crippen molar-refractivity contribution in [2.24, 2.45) is 13.0 Å². The fraction of sp³-hybridized carbons (Fsp3) is 0.255. The fourth-order valence-corrected chi connectivity index (χ4v) is 10.3. The molecule has 4 unspecified atom stereocenters. The number of allylic oxidation sites excluding steroid dienone is 2. The number of nitrogens with one attached hydrogen (secondary N) is 1. The second-order valence-electron chi connectivity index (χ2n) is 17.1. The van der Waals surface area contributed by atoms with Crippen molar-refractivity contribution in [2.45, 2.75) is 56.8 Å². The number of ether oxygens (including phenoxy) is 3. The van der Waals surface area contributed by atoms with Crippen molar-refractivity contribution in [1.29, 1.82) is 0 Å². The number of fused-ring (bicyclic) bond motifs is 5. The second kappa shape index (κ2) is 16.7. The summed E-state index contributed by atoms with van der Waals surface area (Å²) in [6.07, 6.45) is 1.74. The van der Waals surface area contributed by atoms with E-state index in [0.717, 1.165) is 20.7 Å². The van der Waals surface area contributed by atoms with E-state index in [0.29, 0.717) is 50.7 Å². The molecule has 4 heterocycles. The lowest BCUT2D eigenvalue weighted by Gasteiger charge is -2.49. The predicted molar refractivity (Wildman–Crippen MR) is 248 cm³/mol. The average Bonchev–Trinajstić information content (AvgIpc) is 3.72. The molecule has 1 saturated carbocycles. The summed E-state index contributed by atoms with van der Waals surface area (Å²) in [6.45, 7) is 1.95. The molecule has 2 fully saturated rings. The molecule has 0 bridgehead atoms. The lowest BCUT2D eigenvalue weighted by atomic mass is 9.53. The number of aromatic nitrogens is 5. The van der Waals surface area contributed by atoms with Crippen molar-refractivity contribution in [3.05, 3.63) is 186 Å². The van der Waals surface area contributed by atoms with Crippen molar-refractivity contribution in [2.75, 3.05) is 19.6 Å². The molecular formula is C51H47N7O9. The number of hydrogen-bond acceptors (Lipinski definition) is 11. The molecule has 1 saturated heterocycles. The van der Waals surface area contributed by atoms with Gasteiger partial charge in [-0.05, 0) is 48.2 Å². The third-order valence-electron chi connectivity index (χ3n) is 13.5. The van der Waals surface area contributed by atoms with Crippen molar-refractivity contribution >= 4 is 28.5 Å². The van der Waals surface area contributed by atoms with Crippen LogP contribution in [-0.4, -0.2) is 59.6 Å². The molecule has 67 heavy (non-hydrogen) atoms. The number of hydrogen-bond donors (Lipinski definition) is 2. The van der Waals surface area contributed by atoms with Crippen molar-refractivity contribution in [3.8, 4) is 23.0 Å².